The standard InChI is InChI=1S/C14H7F2N3OS/c15-10-3-8-12(4-11(10)16)17-5-9-13(8)18-19(14(9)20)7-1-2-21-6-7/h1-6,18H. The number of aromatic amines is 1. The number of pyridine rings is 1. The summed E-state index contributed by atoms with van der Waals surface area (Å²) in [4.78, 5) is 16.4. The largest absolute Gasteiger partial charge is 0.290 e. The number of aromatic nitrogens is 3. The number of nitrogens with zero attached hydrogens (tertiary/aromatic N) is 2. The molecule has 0 spiro atoms. The molecule has 0 aliphatic rings. The number of rotatable bonds is 1. The van der Waals surface area contributed by atoms with Crippen molar-refractivity contribution in [2.75, 3.05) is 0 Å². The lowest BCUT2D eigenvalue weighted by Crippen LogP contribution is -2.13. The summed E-state index contributed by atoms with van der Waals surface area (Å²) in [7, 11) is 0. The molecule has 4 aromatic rings. The fraction of sp³-hybridized carbons (Fsp3) is 0. The van der Waals surface area contributed by atoms with Gasteiger partial charge in [0.1, 0.15) is 0 Å². The maximum absolute atomic E-state index is 13.5. The summed E-state index contributed by atoms with van der Waals surface area (Å²) >= 11 is 1.46. The third-order valence-corrected chi connectivity index (χ3v) is 4.00. The predicted octanol–water partition coefficient (Wildman–Crippen LogP) is 3.21. The molecule has 0 bridgehead atoms. The summed E-state index contributed by atoms with van der Waals surface area (Å²) in [6.45, 7) is 0. The van der Waals surface area contributed by atoms with Gasteiger partial charge in [0.05, 0.1) is 22.1 Å². The van der Waals surface area contributed by atoms with E-state index >= 15 is 0 Å². The molecule has 0 amide bonds. The summed E-state index contributed by atoms with van der Waals surface area (Å²) in [5.41, 5.74) is 1.15. The Morgan fingerprint density at radius 2 is 2.00 bits per heavy atom. The van der Waals surface area contributed by atoms with Crippen molar-refractivity contribution in [3.8, 4) is 5.69 Å². The Kier molecular flexibility index (Phi) is 2.46. The van der Waals surface area contributed by atoms with Crippen molar-refractivity contribution in [1.82, 2.24) is 14.8 Å². The fourth-order valence-corrected chi connectivity index (χ4v) is 2.94. The van der Waals surface area contributed by atoms with Crippen molar-refractivity contribution in [2.24, 2.45) is 0 Å². The van der Waals surface area contributed by atoms with Crippen LogP contribution in [-0.4, -0.2) is 14.8 Å². The second-order valence-corrected chi connectivity index (χ2v) is 5.34. The molecule has 4 rings (SSSR count). The van der Waals surface area contributed by atoms with Gasteiger partial charge >= 0.3 is 0 Å². The van der Waals surface area contributed by atoms with Crippen LogP contribution in [0.2, 0.25) is 0 Å². The van der Waals surface area contributed by atoms with Crippen LogP contribution in [0.3, 0.4) is 0 Å². The molecule has 0 unspecified atom stereocenters. The number of fused-ring (bicyclic) bond motifs is 3. The van der Waals surface area contributed by atoms with Gasteiger partial charge < -0.3 is 0 Å². The summed E-state index contributed by atoms with van der Waals surface area (Å²) in [5, 5.41) is 7.30. The SMILES string of the molecule is O=c1c2cnc3cc(F)c(F)cc3c2[nH]n1-c1ccsc1. The first kappa shape index (κ1) is 12.2. The van der Waals surface area contributed by atoms with E-state index in [4.69, 9.17) is 0 Å². The van der Waals surface area contributed by atoms with Gasteiger partial charge in [0.25, 0.3) is 5.56 Å². The first-order valence-electron chi connectivity index (χ1n) is 6.06. The first-order chi connectivity index (χ1) is 10.1. The minimum atomic E-state index is -0.971. The molecule has 1 N–H and O–H groups in total. The number of hydrogen-bond acceptors (Lipinski definition) is 3. The summed E-state index contributed by atoms with van der Waals surface area (Å²) < 4.78 is 28.1. The number of nitrogens with one attached hydrogen (secondary N) is 1. The summed E-state index contributed by atoms with van der Waals surface area (Å²) in [6.07, 6.45) is 1.37. The van der Waals surface area contributed by atoms with Gasteiger partial charge in [-0.15, -0.1) is 0 Å². The van der Waals surface area contributed by atoms with E-state index in [2.05, 4.69) is 10.1 Å². The van der Waals surface area contributed by atoms with E-state index < -0.39 is 11.6 Å². The molecule has 7 heteroatoms. The van der Waals surface area contributed by atoms with Crippen molar-refractivity contribution in [2.45, 2.75) is 0 Å². The smallest absolute Gasteiger partial charge is 0.280 e. The molecule has 3 heterocycles. The number of hydrogen-bond donors (Lipinski definition) is 1. The van der Waals surface area contributed by atoms with E-state index in [1.54, 1.807) is 6.07 Å². The predicted molar refractivity (Wildman–Crippen MR) is 77.0 cm³/mol. The molecule has 0 aliphatic heterocycles. The molecule has 0 radical (unpaired) electrons. The maximum Gasteiger partial charge on any atom is 0.280 e. The Bertz CT molecular complexity index is 1030. The molecule has 0 atom stereocenters. The normalized spacial score (nSPS) is 11.5. The van der Waals surface area contributed by atoms with Gasteiger partial charge in [-0.1, -0.05) is 0 Å². The van der Waals surface area contributed by atoms with E-state index in [9.17, 15) is 13.6 Å². The number of thiophene rings is 1. The Hall–Kier alpha value is -2.54. The fourth-order valence-electron chi connectivity index (χ4n) is 2.32. The van der Waals surface area contributed by atoms with E-state index in [0.29, 0.717) is 27.5 Å². The van der Waals surface area contributed by atoms with Crippen molar-refractivity contribution < 1.29 is 8.78 Å². The zero-order valence-corrected chi connectivity index (χ0v) is 11.2. The van der Waals surface area contributed by atoms with Crippen LogP contribution >= 0.6 is 11.3 Å². The zero-order chi connectivity index (χ0) is 14.6. The lowest BCUT2D eigenvalue weighted by atomic mass is 10.1. The van der Waals surface area contributed by atoms with Gasteiger partial charge in [0.2, 0.25) is 0 Å². The molecule has 0 fully saturated rings. The maximum atomic E-state index is 13.5. The third kappa shape index (κ3) is 1.71. The van der Waals surface area contributed by atoms with Crippen LogP contribution in [0.4, 0.5) is 8.78 Å². The number of halogens is 2. The van der Waals surface area contributed by atoms with E-state index in [0.717, 1.165) is 12.1 Å². The van der Waals surface area contributed by atoms with Crippen LogP contribution in [-0.2, 0) is 0 Å². The van der Waals surface area contributed by atoms with Crippen molar-refractivity contribution in [3.63, 3.8) is 0 Å². The van der Waals surface area contributed by atoms with Crippen molar-refractivity contribution >= 4 is 33.1 Å². The van der Waals surface area contributed by atoms with Gasteiger partial charge in [0.15, 0.2) is 11.6 Å². The van der Waals surface area contributed by atoms with Crippen LogP contribution in [0.5, 0.6) is 0 Å². The molecule has 21 heavy (non-hydrogen) atoms. The van der Waals surface area contributed by atoms with E-state index in [-0.39, 0.29) is 5.56 Å². The van der Waals surface area contributed by atoms with Crippen LogP contribution in [0.25, 0.3) is 27.5 Å². The molecule has 0 saturated heterocycles. The quantitative estimate of drug-likeness (QED) is 0.587. The van der Waals surface area contributed by atoms with Gasteiger partial charge in [-0.25, -0.2) is 13.5 Å². The van der Waals surface area contributed by atoms with Crippen molar-refractivity contribution in [3.05, 3.63) is 57.1 Å². The second-order valence-electron chi connectivity index (χ2n) is 4.56. The van der Waals surface area contributed by atoms with Crippen LogP contribution in [0.1, 0.15) is 0 Å². The highest BCUT2D eigenvalue weighted by molar-refractivity contribution is 7.08. The van der Waals surface area contributed by atoms with Gasteiger partial charge in [-0.05, 0) is 17.5 Å². The van der Waals surface area contributed by atoms with Gasteiger partial charge in [-0.3, -0.25) is 14.9 Å². The Balaban J connectivity index is 2.15. The lowest BCUT2D eigenvalue weighted by Gasteiger charge is -1.99. The monoisotopic (exact) mass is 303 g/mol. The van der Waals surface area contributed by atoms with Crippen molar-refractivity contribution in [1.29, 1.82) is 0 Å². The molecular weight excluding hydrogens is 296 g/mol. The molecule has 0 aliphatic carbocycles. The Labute approximate surface area is 120 Å². The Morgan fingerprint density at radius 1 is 1.19 bits per heavy atom. The minimum absolute atomic E-state index is 0.275. The lowest BCUT2D eigenvalue weighted by molar-refractivity contribution is 0.511. The zero-order valence-electron chi connectivity index (χ0n) is 10.4. The van der Waals surface area contributed by atoms with Crippen LogP contribution < -0.4 is 5.56 Å². The van der Waals surface area contributed by atoms with Crippen LogP contribution in [0, 0.1) is 11.6 Å². The summed E-state index contributed by atoms with van der Waals surface area (Å²) in [6, 6.07) is 3.86. The average Bonchev–Trinajstić information content (AvgIpc) is 3.08. The molecule has 0 saturated carbocycles. The average molecular weight is 303 g/mol. The highest BCUT2D eigenvalue weighted by atomic mass is 32.1. The van der Waals surface area contributed by atoms with Gasteiger partial charge in [-0.2, -0.15) is 11.3 Å². The highest BCUT2D eigenvalue weighted by Gasteiger charge is 2.14. The molecule has 4 nitrogen and oxygen atoms in total. The third-order valence-electron chi connectivity index (χ3n) is 3.33. The molecule has 1 aromatic carbocycles. The summed E-state index contributed by atoms with van der Waals surface area (Å²) in [5.74, 6) is -1.94. The van der Waals surface area contributed by atoms with Crippen LogP contribution in [0.15, 0.2) is 40.0 Å². The molecule has 104 valence electrons. The topological polar surface area (TPSA) is 50.7 Å². The number of H-pyrrole nitrogens is 1. The number of benzene rings is 1. The molecule has 3 aromatic heterocycles. The Morgan fingerprint density at radius 3 is 2.76 bits per heavy atom. The van der Waals surface area contributed by atoms with E-state index in [1.165, 1.54) is 22.2 Å². The molecular formula is C14H7F2N3OS. The van der Waals surface area contributed by atoms with Gasteiger partial charge in [0, 0.05) is 23.0 Å². The van der Waals surface area contributed by atoms with E-state index in [1.807, 2.05) is 10.8 Å². The first-order valence-corrected chi connectivity index (χ1v) is 7.00. The highest BCUT2D eigenvalue weighted by Crippen LogP contribution is 2.23. The second kappa shape index (κ2) is 4.23. The minimum Gasteiger partial charge on any atom is -0.290 e.